The summed E-state index contributed by atoms with van der Waals surface area (Å²) in [6.07, 6.45) is 0.144. The summed E-state index contributed by atoms with van der Waals surface area (Å²) in [7, 11) is 0. The van der Waals surface area contributed by atoms with Gasteiger partial charge in [-0.1, -0.05) is 0 Å². The highest BCUT2D eigenvalue weighted by Gasteiger charge is 2.18. The van der Waals surface area contributed by atoms with Crippen LogP contribution in [0.3, 0.4) is 0 Å². The number of rotatable bonds is 3. The molecule has 0 spiro atoms. The van der Waals surface area contributed by atoms with Gasteiger partial charge in [-0.25, -0.2) is 0 Å². The number of aliphatic hydroxyl groups excluding tert-OH is 1. The lowest BCUT2D eigenvalue weighted by molar-refractivity contribution is -0.151. The summed E-state index contributed by atoms with van der Waals surface area (Å²) >= 11 is 0. The molecule has 1 radical (unpaired) electrons. The van der Waals surface area contributed by atoms with Gasteiger partial charge in [0.2, 0.25) is 0 Å². The van der Waals surface area contributed by atoms with Crippen LogP contribution in [0.2, 0.25) is 0 Å². The smallest absolute Gasteiger partial charge is 0.313 e. The molecule has 0 aromatic heterocycles. The molecule has 0 rings (SSSR count). The number of hydrogen-bond acceptors (Lipinski definition) is 4. The van der Waals surface area contributed by atoms with Crippen LogP contribution in [0.1, 0.15) is 20.8 Å². The second-order valence-electron chi connectivity index (χ2n) is 3.50. The van der Waals surface area contributed by atoms with Crippen LogP contribution in [-0.2, 0) is 9.53 Å². The molecule has 0 bridgehead atoms. The number of ether oxygens (including phenoxy) is 1. The zero-order valence-corrected chi connectivity index (χ0v) is 7.70. The second-order valence-corrected chi connectivity index (χ2v) is 3.50. The van der Waals surface area contributed by atoms with Crippen LogP contribution in [0.15, 0.2) is 0 Å². The SMILES string of the molecule is CC(C)(C)OC(=O)[CH]C(O)CN. The average Bonchev–Trinajstić information content (AvgIpc) is 1.82. The molecule has 0 aliphatic carbocycles. The third-order valence-electron chi connectivity index (χ3n) is 0.977. The maximum atomic E-state index is 10.9. The van der Waals surface area contributed by atoms with Crippen LogP contribution in [0.5, 0.6) is 0 Å². The van der Waals surface area contributed by atoms with E-state index in [9.17, 15) is 4.79 Å². The van der Waals surface area contributed by atoms with E-state index in [1.807, 2.05) is 0 Å². The van der Waals surface area contributed by atoms with Gasteiger partial charge in [0.05, 0.1) is 12.5 Å². The highest BCUT2D eigenvalue weighted by atomic mass is 16.6. The fraction of sp³-hybridized carbons (Fsp3) is 0.750. The van der Waals surface area contributed by atoms with E-state index in [4.69, 9.17) is 15.6 Å². The van der Waals surface area contributed by atoms with Crippen molar-refractivity contribution in [2.75, 3.05) is 6.54 Å². The Morgan fingerprint density at radius 2 is 2.17 bits per heavy atom. The number of hydrogen-bond donors (Lipinski definition) is 2. The molecule has 4 nitrogen and oxygen atoms in total. The van der Waals surface area contributed by atoms with E-state index in [2.05, 4.69) is 0 Å². The van der Waals surface area contributed by atoms with E-state index in [1.54, 1.807) is 20.8 Å². The number of carbonyl (C=O) groups excluding carboxylic acids is 1. The highest BCUT2D eigenvalue weighted by molar-refractivity contribution is 5.80. The summed E-state index contributed by atoms with van der Waals surface area (Å²) in [5.41, 5.74) is 4.57. The minimum Gasteiger partial charge on any atom is -0.460 e. The van der Waals surface area contributed by atoms with E-state index in [-0.39, 0.29) is 6.54 Å². The van der Waals surface area contributed by atoms with Crippen LogP contribution in [0, 0.1) is 6.42 Å². The van der Waals surface area contributed by atoms with Crippen molar-refractivity contribution in [2.24, 2.45) is 5.73 Å². The Labute approximate surface area is 72.7 Å². The predicted molar refractivity (Wildman–Crippen MR) is 45.2 cm³/mol. The first-order valence-corrected chi connectivity index (χ1v) is 3.81. The lowest BCUT2D eigenvalue weighted by Gasteiger charge is -2.19. The van der Waals surface area contributed by atoms with Gasteiger partial charge in [-0.3, -0.25) is 4.79 Å². The summed E-state index contributed by atoms with van der Waals surface area (Å²) < 4.78 is 4.90. The molecule has 0 aliphatic heterocycles. The minimum atomic E-state index is -0.917. The second kappa shape index (κ2) is 4.42. The lowest BCUT2D eigenvalue weighted by Crippen LogP contribution is -2.30. The first-order valence-electron chi connectivity index (χ1n) is 3.81. The molecule has 0 fully saturated rings. The van der Waals surface area contributed by atoms with Crippen molar-refractivity contribution < 1.29 is 14.6 Å². The van der Waals surface area contributed by atoms with Crippen molar-refractivity contribution in [1.82, 2.24) is 0 Å². The fourth-order valence-electron chi connectivity index (χ4n) is 0.561. The quantitative estimate of drug-likeness (QED) is 0.584. The summed E-state index contributed by atoms with van der Waals surface area (Å²) in [6.45, 7) is 5.30. The third-order valence-corrected chi connectivity index (χ3v) is 0.977. The molecule has 3 N–H and O–H groups in total. The van der Waals surface area contributed by atoms with Gasteiger partial charge in [0.25, 0.3) is 0 Å². The zero-order valence-electron chi connectivity index (χ0n) is 7.70. The van der Waals surface area contributed by atoms with Gasteiger partial charge >= 0.3 is 5.97 Å². The zero-order chi connectivity index (χ0) is 9.78. The topological polar surface area (TPSA) is 72.5 Å². The molecule has 12 heavy (non-hydrogen) atoms. The Bertz CT molecular complexity index is 151. The van der Waals surface area contributed by atoms with E-state index in [0.717, 1.165) is 6.42 Å². The molecule has 71 valence electrons. The van der Waals surface area contributed by atoms with Crippen molar-refractivity contribution >= 4 is 5.97 Å². The summed E-state index contributed by atoms with van der Waals surface area (Å²) in [5, 5.41) is 8.94. The third kappa shape index (κ3) is 6.12. The van der Waals surface area contributed by atoms with Gasteiger partial charge in [-0.15, -0.1) is 0 Å². The van der Waals surface area contributed by atoms with Gasteiger partial charge in [0.15, 0.2) is 0 Å². The largest absolute Gasteiger partial charge is 0.460 e. The summed E-state index contributed by atoms with van der Waals surface area (Å²) in [5.74, 6) is -0.541. The number of aliphatic hydroxyl groups is 1. The Morgan fingerprint density at radius 3 is 2.50 bits per heavy atom. The van der Waals surface area contributed by atoms with E-state index >= 15 is 0 Å². The number of carbonyl (C=O) groups is 1. The normalized spacial score (nSPS) is 14.1. The lowest BCUT2D eigenvalue weighted by atomic mass is 10.2. The van der Waals surface area contributed by atoms with Crippen LogP contribution >= 0.6 is 0 Å². The van der Waals surface area contributed by atoms with Gasteiger partial charge < -0.3 is 15.6 Å². The molecule has 0 aliphatic rings. The molecule has 1 unspecified atom stereocenters. The molecule has 1 atom stereocenters. The van der Waals surface area contributed by atoms with Crippen molar-refractivity contribution in [3.8, 4) is 0 Å². The Hall–Kier alpha value is -0.610. The van der Waals surface area contributed by atoms with Gasteiger partial charge in [-0.2, -0.15) is 0 Å². The standard InChI is InChI=1S/C8H16NO3/c1-8(2,3)12-7(11)4-6(10)5-9/h4,6,10H,5,9H2,1-3H3. The van der Waals surface area contributed by atoms with Crippen molar-refractivity contribution in [1.29, 1.82) is 0 Å². The molecule has 0 aromatic rings. The van der Waals surface area contributed by atoms with Crippen molar-refractivity contribution in [3.63, 3.8) is 0 Å². The molecule has 0 aromatic carbocycles. The molecule has 4 heteroatoms. The van der Waals surface area contributed by atoms with Crippen molar-refractivity contribution in [3.05, 3.63) is 6.42 Å². The molecule has 0 heterocycles. The van der Waals surface area contributed by atoms with Crippen LogP contribution < -0.4 is 5.73 Å². The summed E-state index contributed by atoms with van der Waals surface area (Å²) in [6, 6.07) is 0. The van der Waals surface area contributed by atoms with Crippen LogP contribution in [0.4, 0.5) is 0 Å². The Kier molecular flexibility index (Phi) is 4.20. The van der Waals surface area contributed by atoms with Gasteiger partial charge in [-0.05, 0) is 20.8 Å². The molecular formula is C8H16NO3. The maximum Gasteiger partial charge on any atom is 0.313 e. The van der Waals surface area contributed by atoms with Crippen LogP contribution in [0.25, 0.3) is 0 Å². The Balaban J connectivity index is 3.75. The average molecular weight is 174 g/mol. The highest BCUT2D eigenvalue weighted by Crippen LogP contribution is 2.08. The monoisotopic (exact) mass is 174 g/mol. The van der Waals surface area contributed by atoms with Crippen LogP contribution in [-0.4, -0.2) is 29.3 Å². The molecule has 0 amide bonds. The molecule has 0 saturated heterocycles. The molecular weight excluding hydrogens is 158 g/mol. The molecule has 0 saturated carbocycles. The van der Waals surface area contributed by atoms with Gasteiger partial charge in [0.1, 0.15) is 5.60 Å². The Morgan fingerprint density at radius 1 is 1.67 bits per heavy atom. The first kappa shape index (κ1) is 11.4. The predicted octanol–water partition coefficient (Wildman–Crippen LogP) is -0.148. The first-order chi connectivity index (χ1) is 5.35. The van der Waals surface area contributed by atoms with E-state index in [0.29, 0.717) is 0 Å². The number of nitrogens with two attached hydrogens (primary N) is 1. The number of esters is 1. The summed E-state index contributed by atoms with van der Waals surface area (Å²) in [4.78, 5) is 10.9. The minimum absolute atomic E-state index is 0.0270. The fourth-order valence-corrected chi connectivity index (χ4v) is 0.561. The van der Waals surface area contributed by atoms with Crippen molar-refractivity contribution in [2.45, 2.75) is 32.5 Å². The van der Waals surface area contributed by atoms with E-state index < -0.39 is 17.7 Å². The van der Waals surface area contributed by atoms with Gasteiger partial charge in [0, 0.05) is 6.54 Å². The van der Waals surface area contributed by atoms with E-state index in [1.165, 1.54) is 0 Å². The maximum absolute atomic E-state index is 10.9.